The molecule has 2 N–H and O–H groups in total. The lowest BCUT2D eigenvalue weighted by atomic mass is 10.1. The van der Waals surface area contributed by atoms with Gasteiger partial charge in [0.25, 0.3) is 0 Å². The van der Waals surface area contributed by atoms with Gasteiger partial charge in [-0.3, -0.25) is 0 Å². The first-order valence-corrected chi connectivity index (χ1v) is 8.96. The van der Waals surface area contributed by atoms with Gasteiger partial charge in [0, 0.05) is 5.69 Å². The standard InChI is InChI=1S/C22H19N5/c1-15-6-10-19(11-7-15)27-22-20(13-25-27)21(23-14-24-22)26-18-9-8-16-4-2-3-5-17(16)12-18/h2-14,21,26H,1H3,(H,23,24). The minimum atomic E-state index is -0.179. The van der Waals surface area contributed by atoms with E-state index in [1.165, 1.54) is 16.3 Å². The van der Waals surface area contributed by atoms with Crippen molar-refractivity contribution in [2.24, 2.45) is 4.99 Å². The summed E-state index contributed by atoms with van der Waals surface area (Å²) in [5.74, 6) is 0.937. The molecule has 5 rings (SSSR count). The molecule has 1 unspecified atom stereocenters. The van der Waals surface area contributed by atoms with Gasteiger partial charge in [-0.15, -0.1) is 0 Å². The first kappa shape index (κ1) is 15.6. The fourth-order valence-corrected chi connectivity index (χ4v) is 3.39. The minimum Gasteiger partial charge on any atom is -0.360 e. The Kier molecular flexibility index (Phi) is 3.64. The van der Waals surface area contributed by atoms with Gasteiger partial charge in [0.15, 0.2) is 6.17 Å². The Labute approximate surface area is 157 Å². The SMILES string of the molecule is Cc1ccc(-n2ncc3c2NC=NC3Nc2ccc3ccccc3c2)cc1. The summed E-state index contributed by atoms with van der Waals surface area (Å²) in [7, 11) is 0. The molecule has 0 saturated carbocycles. The van der Waals surface area contributed by atoms with Gasteiger partial charge in [-0.05, 0) is 42.0 Å². The van der Waals surface area contributed by atoms with E-state index >= 15 is 0 Å². The second-order valence-corrected chi connectivity index (χ2v) is 6.73. The van der Waals surface area contributed by atoms with E-state index in [2.05, 4.69) is 94.4 Å². The molecule has 0 spiro atoms. The number of hydrogen-bond acceptors (Lipinski definition) is 4. The summed E-state index contributed by atoms with van der Waals surface area (Å²) in [6, 6.07) is 23.0. The Morgan fingerprint density at radius 3 is 2.63 bits per heavy atom. The summed E-state index contributed by atoms with van der Waals surface area (Å²) in [6.45, 7) is 2.08. The van der Waals surface area contributed by atoms with Gasteiger partial charge in [0.1, 0.15) is 5.82 Å². The van der Waals surface area contributed by atoms with Crippen LogP contribution in [0.3, 0.4) is 0 Å². The molecule has 0 bridgehead atoms. The number of nitrogens with zero attached hydrogens (tertiary/aromatic N) is 3. The number of aliphatic imine (C=N–C) groups is 1. The highest BCUT2D eigenvalue weighted by molar-refractivity contribution is 5.86. The average Bonchev–Trinajstić information content (AvgIpc) is 3.14. The summed E-state index contributed by atoms with van der Waals surface area (Å²) < 4.78 is 1.91. The number of hydrogen-bond donors (Lipinski definition) is 2. The van der Waals surface area contributed by atoms with Crippen molar-refractivity contribution >= 4 is 28.6 Å². The molecule has 2 heterocycles. The van der Waals surface area contributed by atoms with E-state index < -0.39 is 0 Å². The van der Waals surface area contributed by atoms with Crippen LogP contribution in [-0.4, -0.2) is 16.1 Å². The first-order chi connectivity index (χ1) is 13.3. The molecule has 0 fully saturated rings. The van der Waals surface area contributed by atoms with Gasteiger partial charge < -0.3 is 10.6 Å². The normalized spacial score (nSPS) is 15.4. The minimum absolute atomic E-state index is 0.179. The van der Waals surface area contributed by atoms with Crippen molar-refractivity contribution in [2.45, 2.75) is 13.1 Å². The molecule has 5 nitrogen and oxygen atoms in total. The second-order valence-electron chi connectivity index (χ2n) is 6.73. The van der Waals surface area contributed by atoms with Crippen LogP contribution in [0, 0.1) is 6.92 Å². The number of aromatic nitrogens is 2. The molecule has 1 atom stereocenters. The van der Waals surface area contributed by atoms with E-state index in [0.717, 1.165) is 22.8 Å². The smallest absolute Gasteiger partial charge is 0.151 e. The summed E-state index contributed by atoms with van der Waals surface area (Å²) in [5.41, 5.74) is 4.30. The largest absolute Gasteiger partial charge is 0.360 e. The number of fused-ring (bicyclic) bond motifs is 2. The lowest BCUT2D eigenvalue weighted by Gasteiger charge is -2.21. The van der Waals surface area contributed by atoms with Crippen molar-refractivity contribution in [3.05, 3.63) is 84.1 Å². The number of benzene rings is 3. The third kappa shape index (κ3) is 2.83. The van der Waals surface area contributed by atoms with Gasteiger partial charge in [-0.1, -0.05) is 48.0 Å². The Bertz CT molecular complexity index is 1140. The highest BCUT2D eigenvalue weighted by Gasteiger charge is 2.22. The third-order valence-corrected chi connectivity index (χ3v) is 4.85. The molecule has 132 valence electrons. The first-order valence-electron chi connectivity index (χ1n) is 8.96. The highest BCUT2D eigenvalue weighted by atomic mass is 15.3. The van der Waals surface area contributed by atoms with Crippen molar-refractivity contribution in [3.63, 3.8) is 0 Å². The van der Waals surface area contributed by atoms with Crippen LogP contribution in [0.15, 0.2) is 77.9 Å². The van der Waals surface area contributed by atoms with Crippen LogP contribution in [0.1, 0.15) is 17.3 Å². The fourth-order valence-electron chi connectivity index (χ4n) is 3.39. The molecule has 3 aromatic carbocycles. The van der Waals surface area contributed by atoms with Crippen molar-refractivity contribution in [1.29, 1.82) is 0 Å². The predicted octanol–water partition coefficient (Wildman–Crippen LogP) is 4.90. The van der Waals surface area contributed by atoms with Gasteiger partial charge in [-0.25, -0.2) is 9.67 Å². The van der Waals surface area contributed by atoms with Crippen LogP contribution in [-0.2, 0) is 0 Å². The van der Waals surface area contributed by atoms with Crippen LogP contribution < -0.4 is 10.6 Å². The summed E-state index contributed by atoms with van der Waals surface area (Å²) in [5, 5.41) is 13.8. The number of aryl methyl sites for hydroxylation is 1. The lowest BCUT2D eigenvalue weighted by Crippen LogP contribution is -2.17. The fraction of sp³-hybridized carbons (Fsp3) is 0.0909. The maximum absolute atomic E-state index is 4.57. The van der Waals surface area contributed by atoms with Gasteiger partial charge in [0.05, 0.1) is 23.8 Å². The van der Waals surface area contributed by atoms with Crippen molar-refractivity contribution in [2.75, 3.05) is 10.6 Å². The molecule has 4 aromatic rings. The Morgan fingerprint density at radius 2 is 1.78 bits per heavy atom. The molecule has 0 radical (unpaired) electrons. The zero-order valence-corrected chi connectivity index (χ0v) is 14.9. The maximum atomic E-state index is 4.57. The predicted molar refractivity (Wildman–Crippen MR) is 111 cm³/mol. The third-order valence-electron chi connectivity index (χ3n) is 4.85. The van der Waals surface area contributed by atoms with E-state index in [-0.39, 0.29) is 6.17 Å². The van der Waals surface area contributed by atoms with Gasteiger partial charge in [-0.2, -0.15) is 5.10 Å². The molecule has 27 heavy (non-hydrogen) atoms. The zero-order valence-electron chi connectivity index (χ0n) is 14.9. The van der Waals surface area contributed by atoms with Crippen molar-refractivity contribution in [3.8, 4) is 5.69 Å². The molecule has 0 saturated heterocycles. The van der Waals surface area contributed by atoms with Gasteiger partial charge >= 0.3 is 0 Å². The zero-order chi connectivity index (χ0) is 18.2. The quantitative estimate of drug-likeness (QED) is 0.551. The summed E-state index contributed by atoms with van der Waals surface area (Å²) >= 11 is 0. The topological polar surface area (TPSA) is 54.2 Å². The van der Waals surface area contributed by atoms with Crippen LogP contribution in [0.5, 0.6) is 0 Å². The maximum Gasteiger partial charge on any atom is 0.151 e. The van der Waals surface area contributed by atoms with E-state index in [1.54, 1.807) is 6.34 Å². The second kappa shape index (κ2) is 6.29. The molecule has 1 aliphatic rings. The summed E-state index contributed by atoms with van der Waals surface area (Å²) in [6.07, 6.45) is 3.42. The molecule has 1 aromatic heterocycles. The molecule has 5 heteroatoms. The van der Waals surface area contributed by atoms with Crippen LogP contribution >= 0.6 is 0 Å². The Hall–Kier alpha value is -3.60. The van der Waals surface area contributed by atoms with Crippen LogP contribution in [0.2, 0.25) is 0 Å². The lowest BCUT2D eigenvalue weighted by molar-refractivity contribution is 0.832. The van der Waals surface area contributed by atoms with E-state index in [4.69, 9.17) is 0 Å². The van der Waals surface area contributed by atoms with E-state index in [9.17, 15) is 0 Å². The van der Waals surface area contributed by atoms with E-state index in [1.807, 2.05) is 10.9 Å². The monoisotopic (exact) mass is 353 g/mol. The number of rotatable bonds is 3. The average molecular weight is 353 g/mol. The Balaban J connectivity index is 1.47. The van der Waals surface area contributed by atoms with Crippen molar-refractivity contribution < 1.29 is 0 Å². The van der Waals surface area contributed by atoms with Gasteiger partial charge in [0.2, 0.25) is 0 Å². The molecular weight excluding hydrogens is 334 g/mol. The highest BCUT2D eigenvalue weighted by Crippen LogP contribution is 2.32. The van der Waals surface area contributed by atoms with Crippen LogP contribution in [0.25, 0.3) is 16.5 Å². The number of anilines is 2. The molecule has 0 aliphatic carbocycles. The molecule has 0 amide bonds. The number of nitrogens with one attached hydrogen (secondary N) is 2. The van der Waals surface area contributed by atoms with E-state index in [0.29, 0.717) is 0 Å². The molecule has 1 aliphatic heterocycles. The van der Waals surface area contributed by atoms with Crippen LogP contribution in [0.4, 0.5) is 11.5 Å². The van der Waals surface area contributed by atoms with Crippen molar-refractivity contribution in [1.82, 2.24) is 9.78 Å². The molecular formula is C22H19N5. The summed E-state index contributed by atoms with van der Waals surface area (Å²) in [4.78, 5) is 4.57. The Morgan fingerprint density at radius 1 is 0.963 bits per heavy atom.